The lowest BCUT2D eigenvalue weighted by Crippen LogP contribution is -2.11. The maximum absolute atomic E-state index is 11.5. The molecule has 0 fully saturated rings. The minimum Gasteiger partial charge on any atom is -0.399 e. The quantitative estimate of drug-likeness (QED) is 0.592. The number of hydrogen-bond acceptors (Lipinski definition) is 3. The van der Waals surface area contributed by atoms with Gasteiger partial charge < -0.3 is 9.82 Å². The van der Waals surface area contributed by atoms with Gasteiger partial charge >= 0.3 is 0 Å². The molecule has 1 heterocycles. The van der Waals surface area contributed by atoms with E-state index in [9.17, 15) is 4.79 Å². The van der Waals surface area contributed by atoms with E-state index in [2.05, 4.69) is 15.0 Å². The lowest BCUT2D eigenvalue weighted by molar-refractivity contribution is 0.215. The average molecular weight is 202 g/mol. The average Bonchev–Trinajstić information content (AvgIpc) is 2.26. The summed E-state index contributed by atoms with van der Waals surface area (Å²) in [5.41, 5.74) is 1.13. The predicted octanol–water partition coefficient (Wildman–Crippen LogP) is 1.51. The van der Waals surface area contributed by atoms with Crippen LogP contribution in [0.25, 0.3) is 10.9 Å². The predicted molar refractivity (Wildman–Crippen MR) is 59.2 cm³/mol. The van der Waals surface area contributed by atoms with E-state index in [1.165, 1.54) is 13.3 Å². The highest BCUT2D eigenvalue weighted by atomic mass is 16.6. The smallest absolute Gasteiger partial charge is 0.257 e. The first-order valence-electron chi connectivity index (χ1n) is 4.50. The Morgan fingerprint density at radius 1 is 1.40 bits per heavy atom. The van der Waals surface area contributed by atoms with Gasteiger partial charge in [0.1, 0.15) is 7.11 Å². The van der Waals surface area contributed by atoms with Crippen LogP contribution >= 0.6 is 0 Å². The summed E-state index contributed by atoms with van der Waals surface area (Å²) in [4.78, 5) is 18.8. The van der Waals surface area contributed by atoms with Crippen molar-refractivity contribution in [2.45, 2.75) is 0 Å². The Balaban J connectivity index is 2.62. The molecule has 0 spiro atoms. The second-order valence-corrected chi connectivity index (χ2v) is 3.06. The molecule has 4 heteroatoms. The molecule has 0 aliphatic carbocycles. The van der Waals surface area contributed by atoms with E-state index in [4.69, 9.17) is 0 Å². The fourth-order valence-corrected chi connectivity index (χ4v) is 1.37. The van der Waals surface area contributed by atoms with E-state index in [0.717, 1.165) is 10.9 Å². The summed E-state index contributed by atoms with van der Waals surface area (Å²) >= 11 is 0. The van der Waals surface area contributed by atoms with Crippen molar-refractivity contribution < 1.29 is 4.84 Å². The summed E-state index contributed by atoms with van der Waals surface area (Å²) in [6.07, 6.45) is 1.39. The topological polar surface area (TPSA) is 54.4 Å². The van der Waals surface area contributed by atoms with Crippen LogP contribution in [-0.4, -0.2) is 18.3 Å². The summed E-state index contributed by atoms with van der Waals surface area (Å²) in [6, 6.07) is 9.35. The number of aromatic nitrogens is 1. The van der Waals surface area contributed by atoms with Crippen LogP contribution in [0.15, 0.2) is 40.3 Å². The summed E-state index contributed by atoms with van der Waals surface area (Å²) in [7, 11) is 1.44. The van der Waals surface area contributed by atoms with Crippen LogP contribution in [0, 0.1) is 0 Å². The third-order valence-electron chi connectivity index (χ3n) is 2.08. The van der Waals surface area contributed by atoms with Crippen molar-refractivity contribution in [1.29, 1.82) is 0 Å². The summed E-state index contributed by atoms with van der Waals surface area (Å²) in [6.45, 7) is 0. The van der Waals surface area contributed by atoms with Gasteiger partial charge in [-0.3, -0.25) is 4.79 Å². The van der Waals surface area contributed by atoms with Crippen LogP contribution in [0.2, 0.25) is 0 Å². The van der Waals surface area contributed by atoms with Gasteiger partial charge in [0, 0.05) is 5.52 Å². The molecule has 1 N–H and O–H groups in total. The molecule has 4 nitrogen and oxygen atoms in total. The molecule has 76 valence electrons. The first-order chi connectivity index (χ1) is 7.31. The summed E-state index contributed by atoms with van der Waals surface area (Å²) in [5.74, 6) is 0. The molecule has 0 atom stereocenters. The van der Waals surface area contributed by atoms with Gasteiger partial charge in [-0.2, -0.15) is 0 Å². The molecule has 0 unspecified atom stereocenters. The van der Waals surface area contributed by atoms with Crippen LogP contribution in [0.1, 0.15) is 5.56 Å². The number of fused-ring (bicyclic) bond motifs is 1. The zero-order valence-electron chi connectivity index (χ0n) is 8.23. The van der Waals surface area contributed by atoms with Gasteiger partial charge in [0.25, 0.3) is 5.56 Å². The maximum atomic E-state index is 11.5. The maximum Gasteiger partial charge on any atom is 0.257 e. The highest BCUT2D eigenvalue weighted by molar-refractivity contribution is 5.87. The molecule has 15 heavy (non-hydrogen) atoms. The van der Waals surface area contributed by atoms with Crippen molar-refractivity contribution in [3.05, 3.63) is 46.2 Å². The zero-order chi connectivity index (χ0) is 10.7. The van der Waals surface area contributed by atoms with Crippen LogP contribution in [0.4, 0.5) is 0 Å². The molecule has 2 rings (SSSR count). The lowest BCUT2D eigenvalue weighted by Gasteiger charge is -1.98. The van der Waals surface area contributed by atoms with Crippen molar-refractivity contribution in [3.8, 4) is 0 Å². The van der Waals surface area contributed by atoms with E-state index in [1.807, 2.05) is 24.3 Å². The number of nitrogens with zero attached hydrogens (tertiary/aromatic N) is 1. The molecule has 0 saturated carbocycles. The largest absolute Gasteiger partial charge is 0.399 e. The Labute approximate surface area is 86.2 Å². The van der Waals surface area contributed by atoms with Crippen molar-refractivity contribution >= 4 is 17.1 Å². The highest BCUT2D eigenvalue weighted by Crippen LogP contribution is 2.08. The Kier molecular flexibility index (Phi) is 2.49. The number of para-hydroxylation sites is 1. The van der Waals surface area contributed by atoms with Gasteiger partial charge in [-0.05, 0) is 17.5 Å². The second-order valence-electron chi connectivity index (χ2n) is 3.06. The Morgan fingerprint density at radius 2 is 2.20 bits per heavy atom. The first kappa shape index (κ1) is 9.45. The summed E-state index contributed by atoms with van der Waals surface area (Å²) in [5, 5.41) is 4.53. The number of pyridine rings is 1. The Morgan fingerprint density at radius 3 is 3.00 bits per heavy atom. The second kappa shape index (κ2) is 3.96. The number of H-pyrrole nitrogens is 1. The molecule has 0 aliphatic heterocycles. The van der Waals surface area contributed by atoms with Crippen LogP contribution in [-0.2, 0) is 4.84 Å². The minimum absolute atomic E-state index is 0.172. The molecule has 2 aromatic rings. The molecule has 1 aromatic carbocycles. The van der Waals surface area contributed by atoms with Crippen molar-refractivity contribution in [3.63, 3.8) is 0 Å². The van der Waals surface area contributed by atoms with Gasteiger partial charge in [0.05, 0.1) is 11.8 Å². The first-order valence-corrected chi connectivity index (χ1v) is 4.50. The Bertz CT molecular complexity index is 558. The van der Waals surface area contributed by atoms with E-state index in [0.29, 0.717) is 5.56 Å². The number of nitrogens with one attached hydrogen (secondary N) is 1. The monoisotopic (exact) mass is 202 g/mol. The van der Waals surface area contributed by atoms with E-state index >= 15 is 0 Å². The molecule has 0 bridgehead atoms. The third-order valence-corrected chi connectivity index (χ3v) is 2.08. The van der Waals surface area contributed by atoms with E-state index in [-0.39, 0.29) is 5.56 Å². The van der Waals surface area contributed by atoms with Gasteiger partial charge in [-0.15, -0.1) is 0 Å². The van der Waals surface area contributed by atoms with Crippen molar-refractivity contribution in [2.24, 2.45) is 5.16 Å². The van der Waals surface area contributed by atoms with E-state index < -0.39 is 0 Å². The highest BCUT2D eigenvalue weighted by Gasteiger charge is 1.99. The van der Waals surface area contributed by atoms with Gasteiger partial charge in [-0.1, -0.05) is 23.4 Å². The van der Waals surface area contributed by atoms with Crippen molar-refractivity contribution in [2.75, 3.05) is 7.11 Å². The number of oxime groups is 1. The Hall–Kier alpha value is -2.10. The molecular formula is C11H10N2O2. The van der Waals surface area contributed by atoms with Gasteiger partial charge in [0.15, 0.2) is 0 Å². The molecule has 0 amide bonds. The van der Waals surface area contributed by atoms with Crippen LogP contribution in [0.3, 0.4) is 0 Å². The lowest BCUT2D eigenvalue weighted by atomic mass is 10.2. The van der Waals surface area contributed by atoms with E-state index in [1.54, 1.807) is 6.07 Å². The zero-order valence-corrected chi connectivity index (χ0v) is 8.23. The number of aromatic amines is 1. The normalized spacial score (nSPS) is 11.0. The fraction of sp³-hybridized carbons (Fsp3) is 0.0909. The molecule has 1 aromatic heterocycles. The number of rotatable bonds is 2. The molecule has 0 aliphatic rings. The van der Waals surface area contributed by atoms with Crippen molar-refractivity contribution in [1.82, 2.24) is 4.98 Å². The minimum atomic E-state index is -0.172. The molecular weight excluding hydrogens is 192 g/mol. The van der Waals surface area contributed by atoms with Gasteiger partial charge in [-0.25, -0.2) is 0 Å². The third kappa shape index (κ3) is 1.88. The number of benzene rings is 1. The molecule has 0 radical (unpaired) electrons. The fourth-order valence-electron chi connectivity index (χ4n) is 1.37. The summed E-state index contributed by atoms with van der Waals surface area (Å²) < 4.78 is 0. The molecule has 0 saturated heterocycles. The standard InChI is InChI=1S/C11H10N2O2/c1-15-12-7-9-6-8-4-2-3-5-10(8)13-11(9)14/h2-7H,1H3,(H,13,14)/b12-7+. The van der Waals surface area contributed by atoms with Crippen LogP contribution in [0.5, 0.6) is 0 Å². The van der Waals surface area contributed by atoms with Crippen LogP contribution < -0.4 is 5.56 Å². The van der Waals surface area contributed by atoms with Gasteiger partial charge in [0.2, 0.25) is 0 Å². The SMILES string of the molecule is CO/N=C/c1cc2ccccc2[nH]c1=O. The number of hydrogen-bond donors (Lipinski definition) is 1.